The van der Waals surface area contributed by atoms with Crippen LogP contribution in [0.5, 0.6) is 5.75 Å². The maximum absolute atomic E-state index is 10.1. The molecule has 1 aliphatic heterocycles. The van der Waals surface area contributed by atoms with Gasteiger partial charge in [0.25, 0.3) is 0 Å². The van der Waals surface area contributed by atoms with E-state index in [1.807, 2.05) is 0 Å². The summed E-state index contributed by atoms with van der Waals surface area (Å²) in [4.78, 5) is 6.60. The lowest BCUT2D eigenvalue weighted by atomic mass is 10.1. The molecule has 1 aromatic heterocycles. The number of hydrogen-bond donors (Lipinski definition) is 3. The van der Waals surface area contributed by atoms with Crippen LogP contribution in [0.3, 0.4) is 0 Å². The largest absolute Gasteiger partial charge is 0.506 e. The van der Waals surface area contributed by atoms with Gasteiger partial charge < -0.3 is 15.5 Å². The summed E-state index contributed by atoms with van der Waals surface area (Å²) in [5.41, 5.74) is 2.06. The number of aromatic hydroxyl groups is 1. The molecule has 118 valence electrons. The van der Waals surface area contributed by atoms with Crippen LogP contribution in [0.2, 0.25) is 0 Å². The zero-order valence-electron chi connectivity index (χ0n) is 13.1. The third-order valence-corrected chi connectivity index (χ3v) is 4.36. The highest BCUT2D eigenvalue weighted by molar-refractivity contribution is 5.40. The third-order valence-electron chi connectivity index (χ3n) is 4.36. The van der Waals surface area contributed by atoms with Crippen molar-refractivity contribution in [1.29, 1.82) is 0 Å². The second-order valence-corrected chi connectivity index (χ2v) is 5.93. The van der Waals surface area contributed by atoms with Crippen LogP contribution in [-0.2, 0) is 13.2 Å². The minimum atomic E-state index is -0.0977. The number of piperidine rings is 1. The van der Waals surface area contributed by atoms with Crippen LogP contribution in [0, 0.1) is 6.92 Å². The lowest BCUT2D eigenvalue weighted by Crippen LogP contribution is -2.43. The van der Waals surface area contributed by atoms with Gasteiger partial charge >= 0.3 is 0 Å². The smallest absolute Gasteiger partial charge is 0.141 e. The van der Waals surface area contributed by atoms with Crippen LogP contribution >= 0.6 is 0 Å². The summed E-state index contributed by atoms with van der Waals surface area (Å²) < 4.78 is 0. The van der Waals surface area contributed by atoms with Gasteiger partial charge in [-0.25, -0.2) is 0 Å². The molecule has 0 saturated carbocycles. The van der Waals surface area contributed by atoms with E-state index in [0.717, 1.165) is 12.1 Å². The fourth-order valence-corrected chi connectivity index (χ4v) is 2.91. The molecule has 1 atom stereocenters. The van der Waals surface area contributed by atoms with E-state index in [1.54, 1.807) is 13.1 Å². The highest BCUT2D eigenvalue weighted by Gasteiger charge is 2.17. The van der Waals surface area contributed by atoms with Crippen molar-refractivity contribution in [1.82, 2.24) is 15.2 Å². The molecule has 1 aromatic rings. The van der Waals surface area contributed by atoms with Gasteiger partial charge in [-0.3, -0.25) is 9.88 Å². The van der Waals surface area contributed by atoms with E-state index in [9.17, 15) is 10.2 Å². The summed E-state index contributed by atoms with van der Waals surface area (Å²) in [5.74, 6) is 0.194. The van der Waals surface area contributed by atoms with E-state index in [0.29, 0.717) is 23.8 Å². The fraction of sp³-hybridized carbons (Fsp3) is 0.688. The molecule has 2 heterocycles. The summed E-state index contributed by atoms with van der Waals surface area (Å²) in [5, 5.41) is 22.9. The molecule has 0 amide bonds. The Morgan fingerprint density at radius 3 is 2.71 bits per heavy atom. The average Bonchev–Trinajstić information content (AvgIpc) is 2.52. The number of aliphatic hydroxyl groups excluding tert-OH is 1. The van der Waals surface area contributed by atoms with E-state index >= 15 is 0 Å². The Labute approximate surface area is 127 Å². The van der Waals surface area contributed by atoms with Crippen molar-refractivity contribution in [3.8, 4) is 5.75 Å². The van der Waals surface area contributed by atoms with Gasteiger partial charge in [0.2, 0.25) is 0 Å². The first-order valence-corrected chi connectivity index (χ1v) is 7.85. The van der Waals surface area contributed by atoms with Crippen LogP contribution < -0.4 is 5.32 Å². The molecule has 1 fully saturated rings. The van der Waals surface area contributed by atoms with Crippen LogP contribution in [0.25, 0.3) is 0 Å². The van der Waals surface area contributed by atoms with Gasteiger partial charge in [0, 0.05) is 36.5 Å². The maximum atomic E-state index is 10.1. The predicted molar refractivity (Wildman–Crippen MR) is 83.2 cm³/mol. The zero-order chi connectivity index (χ0) is 15.2. The van der Waals surface area contributed by atoms with Crippen LogP contribution in [0.1, 0.15) is 43.0 Å². The molecule has 0 aromatic carbocycles. The number of aliphatic hydroxyl groups is 1. The van der Waals surface area contributed by atoms with Crippen LogP contribution in [0.15, 0.2) is 6.20 Å². The van der Waals surface area contributed by atoms with E-state index in [-0.39, 0.29) is 12.4 Å². The molecule has 1 aliphatic rings. The molecule has 2 rings (SSSR count). The Morgan fingerprint density at radius 1 is 1.33 bits per heavy atom. The van der Waals surface area contributed by atoms with Gasteiger partial charge in [0.1, 0.15) is 5.75 Å². The summed E-state index contributed by atoms with van der Waals surface area (Å²) in [6, 6.07) is 0.493. The number of aromatic nitrogens is 1. The number of nitrogens with one attached hydrogen (secondary N) is 1. The van der Waals surface area contributed by atoms with Gasteiger partial charge in [-0.2, -0.15) is 0 Å². The molecule has 0 radical (unpaired) electrons. The van der Waals surface area contributed by atoms with Gasteiger partial charge in [-0.05, 0) is 39.8 Å². The Balaban J connectivity index is 1.89. The highest BCUT2D eigenvalue weighted by atomic mass is 16.3. The zero-order valence-corrected chi connectivity index (χ0v) is 13.1. The molecule has 5 nitrogen and oxygen atoms in total. The summed E-state index contributed by atoms with van der Waals surface area (Å²) >= 11 is 0. The van der Waals surface area contributed by atoms with Crippen LogP contribution in [-0.4, -0.2) is 45.8 Å². The number of pyridine rings is 1. The van der Waals surface area contributed by atoms with Crippen LogP contribution in [0.4, 0.5) is 0 Å². The predicted octanol–water partition coefficient (Wildman–Crippen LogP) is 1.55. The summed E-state index contributed by atoms with van der Waals surface area (Å²) in [7, 11) is 0. The Hall–Kier alpha value is -1.17. The average molecular weight is 293 g/mol. The molecule has 0 bridgehead atoms. The highest BCUT2D eigenvalue weighted by Crippen LogP contribution is 2.23. The van der Waals surface area contributed by atoms with E-state index in [1.165, 1.54) is 32.4 Å². The molecule has 0 aliphatic carbocycles. The number of hydrogen-bond acceptors (Lipinski definition) is 5. The number of aryl methyl sites for hydroxylation is 1. The lowest BCUT2D eigenvalue weighted by Gasteiger charge is -2.32. The van der Waals surface area contributed by atoms with Crippen molar-refractivity contribution >= 4 is 0 Å². The molecular weight excluding hydrogens is 266 g/mol. The second-order valence-electron chi connectivity index (χ2n) is 5.93. The Kier molecular flexibility index (Phi) is 5.96. The third kappa shape index (κ3) is 4.15. The molecule has 1 unspecified atom stereocenters. The van der Waals surface area contributed by atoms with Crippen molar-refractivity contribution in [3.63, 3.8) is 0 Å². The number of nitrogens with zero attached hydrogens (tertiary/aromatic N) is 2. The standard InChI is InChI=1S/C16H27N3O2/c1-12(19-6-4-3-5-7-19)8-17-10-15-14(11-20)9-18-13(2)16(15)21/h9,12,17,20-21H,3-8,10-11H2,1-2H3. The first-order valence-electron chi connectivity index (χ1n) is 7.85. The number of likely N-dealkylation sites (tertiary alicyclic amines) is 1. The molecule has 3 N–H and O–H groups in total. The molecular formula is C16H27N3O2. The lowest BCUT2D eigenvalue weighted by molar-refractivity contribution is 0.170. The van der Waals surface area contributed by atoms with Crippen molar-refractivity contribution in [2.75, 3.05) is 19.6 Å². The minimum absolute atomic E-state index is 0.0977. The van der Waals surface area contributed by atoms with Gasteiger partial charge in [0.15, 0.2) is 0 Å². The Morgan fingerprint density at radius 2 is 2.05 bits per heavy atom. The normalized spacial score (nSPS) is 17.9. The van der Waals surface area contributed by atoms with Crippen molar-refractivity contribution in [3.05, 3.63) is 23.0 Å². The molecule has 21 heavy (non-hydrogen) atoms. The maximum Gasteiger partial charge on any atom is 0.141 e. The first-order chi connectivity index (χ1) is 10.1. The SMILES string of the molecule is Cc1ncc(CO)c(CNCC(C)N2CCCCC2)c1O. The van der Waals surface area contributed by atoms with E-state index in [2.05, 4.69) is 22.1 Å². The second kappa shape index (κ2) is 7.73. The summed E-state index contributed by atoms with van der Waals surface area (Å²) in [6.45, 7) is 7.72. The first kappa shape index (κ1) is 16.2. The molecule has 0 spiro atoms. The Bertz CT molecular complexity index is 459. The fourth-order valence-electron chi connectivity index (χ4n) is 2.91. The van der Waals surface area contributed by atoms with Crippen molar-refractivity contribution < 1.29 is 10.2 Å². The molecule has 5 heteroatoms. The van der Waals surface area contributed by atoms with Gasteiger partial charge in [-0.15, -0.1) is 0 Å². The van der Waals surface area contributed by atoms with E-state index in [4.69, 9.17) is 0 Å². The quantitative estimate of drug-likeness (QED) is 0.742. The monoisotopic (exact) mass is 293 g/mol. The van der Waals surface area contributed by atoms with E-state index < -0.39 is 0 Å². The number of rotatable bonds is 6. The van der Waals surface area contributed by atoms with Gasteiger partial charge in [-0.1, -0.05) is 6.42 Å². The van der Waals surface area contributed by atoms with Crippen molar-refractivity contribution in [2.24, 2.45) is 0 Å². The topological polar surface area (TPSA) is 68.6 Å². The van der Waals surface area contributed by atoms with Crippen molar-refractivity contribution in [2.45, 2.75) is 52.3 Å². The summed E-state index contributed by atoms with van der Waals surface area (Å²) in [6.07, 6.45) is 5.58. The molecule has 1 saturated heterocycles. The minimum Gasteiger partial charge on any atom is -0.506 e. The van der Waals surface area contributed by atoms with Gasteiger partial charge in [0.05, 0.1) is 12.3 Å².